The van der Waals surface area contributed by atoms with Gasteiger partial charge < -0.3 is 9.47 Å². The molecule has 2 unspecified atom stereocenters. The summed E-state index contributed by atoms with van der Waals surface area (Å²) in [6.07, 6.45) is 5.95. The zero-order valence-electron chi connectivity index (χ0n) is 13.2. The first-order valence-corrected chi connectivity index (χ1v) is 8.01. The number of benzene rings is 1. The summed E-state index contributed by atoms with van der Waals surface area (Å²) >= 11 is 0. The lowest BCUT2D eigenvalue weighted by atomic mass is 9.85. The molecule has 1 aliphatic carbocycles. The van der Waals surface area contributed by atoms with Crippen molar-refractivity contribution < 1.29 is 19.1 Å². The topological polar surface area (TPSA) is 55.8 Å². The molecule has 1 saturated heterocycles. The Morgan fingerprint density at radius 2 is 2.17 bits per heavy atom. The maximum Gasteiger partial charge on any atom is 0.414 e. The molecule has 0 saturated carbocycles. The van der Waals surface area contributed by atoms with Gasteiger partial charge in [-0.05, 0) is 42.9 Å². The van der Waals surface area contributed by atoms with E-state index in [-0.39, 0.29) is 12.1 Å². The molecule has 2 aliphatic rings. The van der Waals surface area contributed by atoms with Crippen LogP contribution in [0, 0.1) is 11.8 Å². The van der Waals surface area contributed by atoms with Crippen molar-refractivity contribution in [2.45, 2.75) is 19.8 Å². The average molecular weight is 315 g/mol. The summed E-state index contributed by atoms with van der Waals surface area (Å²) < 4.78 is 10.4. The maximum atomic E-state index is 12.3. The molecule has 1 amide bonds. The highest BCUT2D eigenvalue weighted by Gasteiger charge is 2.25. The molecule has 5 heteroatoms. The van der Waals surface area contributed by atoms with E-state index < -0.39 is 0 Å². The summed E-state index contributed by atoms with van der Waals surface area (Å²) in [7, 11) is 0. The Morgan fingerprint density at radius 1 is 1.35 bits per heavy atom. The van der Waals surface area contributed by atoms with Crippen molar-refractivity contribution in [3.8, 4) is 0 Å². The molecule has 122 valence electrons. The molecular weight excluding hydrogens is 294 g/mol. The zero-order valence-corrected chi connectivity index (χ0v) is 13.2. The fraction of sp³-hybridized carbons (Fsp3) is 0.444. The second-order valence-electron chi connectivity index (χ2n) is 6.09. The van der Waals surface area contributed by atoms with Crippen molar-refractivity contribution in [1.29, 1.82) is 0 Å². The Bertz CT molecular complexity index is 625. The Morgan fingerprint density at radius 3 is 2.91 bits per heavy atom. The largest absolute Gasteiger partial charge is 0.462 e. The lowest BCUT2D eigenvalue weighted by molar-refractivity contribution is 0.0395. The van der Waals surface area contributed by atoms with Crippen LogP contribution in [0.15, 0.2) is 36.4 Å². The number of esters is 1. The van der Waals surface area contributed by atoms with E-state index in [1.54, 1.807) is 24.3 Å². The van der Waals surface area contributed by atoms with Crippen molar-refractivity contribution in [1.82, 2.24) is 0 Å². The second kappa shape index (κ2) is 6.86. The van der Waals surface area contributed by atoms with Gasteiger partial charge in [-0.1, -0.05) is 25.1 Å². The first kappa shape index (κ1) is 15.6. The minimum atomic E-state index is -0.377. The number of amides is 1. The van der Waals surface area contributed by atoms with E-state index >= 15 is 0 Å². The first-order chi connectivity index (χ1) is 11.1. The molecule has 3 rings (SSSR count). The predicted molar refractivity (Wildman–Crippen MR) is 86.4 cm³/mol. The number of carbonyl (C=O) groups is 2. The summed E-state index contributed by atoms with van der Waals surface area (Å²) in [5, 5.41) is 0. The molecule has 1 heterocycles. The summed E-state index contributed by atoms with van der Waals surface area (Å²) in [6, 6.07) is 6.93. The van der Waals surface area contributed by atoms with Crippen LogP contribution in [-0.2, 0) is 9.47 Å². The van der Waals surface area contributed by atoms with Crippen LogP contribution >= 0.6 is 0 Å². The van der Waals surface area contributed by atoms with Crippen molar-refractivity contribution in [3.05, 3.63) is 42.0 Å². The summed E-state index contributed by atoms with van der Waals surface area (Å²) in [4.78, 5) is 25.4. The van der Waals surface area contributed by atoms with Crippen LogP contribution in [0.4, 0.5) is 10.5 Å². The standard InChI is InChI=1S/C18H21NO4/c1-13-5-2-3-6-15(13)12-23-17(20)14-7-4-8-16(11-14)19-9-10-22-18(19)21/h2-4,7-8,11,13,15H,5-6,9-10,12H2,1H3. The Labute approximate surface area is 135 Å². The number of rotatable bonds is 4. The normalized spacial score (nSPS) is 23.7. The molecule has 1 fully saturated rings. The van der Waals surface area contributed by atoms with Gasteiger partial charge in [-0.3, -0.25) is 4.90 Å². The molecule has 23 heavy (non-hydrogen) atoms. The minimum Gasteiger partial charge on any atom is -0.462 e. The number of hydrogen-bond acceptors (Lipinski definition) is 4. The molecule has 1 aliphatic heterocycles. The van der Waals surface area contributed by atoms with Crippen LogP contribution in [0.1, 0.15) is 30.1 Å². The van der Waals surface area contributed by atoms with Crippen LogP contribution in [0.3, 0.4) is 0 Å². The lowest BCUT2D eigenvalue weighted by Crippen LogP contribution is -2.24. The molecule has 0 spiro atoms. The number of cyclic esters (lactones) is 1. The number of anilines is 1. The molecule has 2 atom stereocenters. The number of allylic oxidation sites excluding steroid dienone is 2. The highest BCUT2D eigenvalue weighted by molar-refractivity contribution is 5.94. The van der Waals surface area contributed by atoms with E-state index in [0.29, 0.717) is 42.8 Å². The summed E-state index contributed by atoms with van der Waals surface area (Å²) in [5.41, 5.74) is 1.12. The SMILES string of the molecule is CC1CC=CCC1COC(=O)c1cccc(N2CCOC2=O)c1. The van der Waals surface area contributed by atoms with Crippen molar-refractivity contribution in [2.24, 2.45) is 11.8 Å². The average Bonchev–Trinajstić information content (AvgIpc) is 3.00. The zero-order chi connectivity index (χ0) is 16.2. The Kier molecular flexibility index (Phi) is 4.65. The Balaban J connectivity index is 1.63. The molecule has 0 N–H and O–H groups in total. The van der Waals surface area contributed by atoms with Gasteiger partial charge in [0.15, 0.2) is 0 Å². The van der Waals surface area contributed by atoms with E-state index in [4.69, 9.17) is 9.47 Å². The fourth-order valence-electron chi connectivity index (χ4n) is 2.93. The van der Waals surface area contributed by atoms with Crippen molar-refractivity contribution in [2.75, 3.05) is 24.7 Å². The highest BCUT2D eigenvalue weighted by Crippen LogP contribution is 2.26. The molecule has 0 aromatic heterocycles. The van der Waals surface area contributed by atoms with E-state index in [1.807, 2.05) is 0 Å². The number of nitrogens with zero attached hydrogens (tertiary/aromatic N) is 1. The van der Waals surface area contributed by atoms with E-state index in [9.17, 15) is 9.59 Å². The van der Waals surface area contributed by atoms with Gasteiger partial charge in [0.1, 0.15) is 6.61 Å². The second-order valence-corrected chi connectivity index (χ2v) is 6.09. The molecule has 0 radical (unpaired) electrons. The van der Waals surface area contributed by atoms with E-state index in [0.717, 1.165) is 12.8 Å². The van der Waals surface area contributed by atoms with Crippen molar-refractivity contribution in [3.63, 3.8) is 0 Å². The number of hydrogen-bond donors (Lipinski definition) is 0. The van der Waals surface area contributed by atoms with Gasteiger partial charge in [-0.15, -0.1) is 0 Å². The van der Waals surface area contributed by atoms with Crippen LogP contribution in [0.5, 0.6) is 0 Å². The quantitative estimate of drug-likeness (QED) is 0.631. The van der Waals surface area contributed by atoms with Gasteiger partial charge >= 0.3 is 12.1 Å². The van der Waals surface area contributed by atoms with Crippen LogP contribution in [-0.4, -0.2) is 31.8 Å². The molecule has 0 bridgehead atoms. The minimum absolute atomic E-state index is 0.346. The van der Waals surface area contributed by atoms with Crippen LogP contribution in [0.2, 0.25) is 0 Å². The summed E-state index contributed by atoms with van der Waals surface area (Å²) in [6.45, 7) is 3.49. The third kappa shape index (κ3) is 3.55. The monoisotopic (exact) mass is 315 g/mol. The van der Waals surface area contributed by atoms with Gasteiger partial charge in [0, 0.05) is 5.69 Å². The van der Waals surface area contributed by atoms with E-state index in [2.05, 4.69) is 19.1 Å². The fourth-order valence-corrected chi connectivity index (χ4v) is 2.93. The van der Waals surface area contributed by atoms with Crippen LogP contribution in [0.25, 0.3) is 0 Å². The van der Waals surface area contributed by atoms with Gasteiger partial charge in [-0.2, -0.15) is 0 Å². The third-order valence-electron chi connectivity index (χ3n) is 4.50. The van der Waals surface area contributed by atoms with E-state index in [1.165, 1.54) is 4.90 Å². The third-order valence-corrected chi connectivity index (χ3v) is 4.50. The molecule has 5 nitrogen and oxygen atoms in total. The lowest BCUT2D eigenvalue weighted by Gasteiger charge is -2.24. The first-order valence-electron chi connectivity index (χ1n) is 8.01. The predicted octanol–water partition coefficient (Wildman–Crippen LogP) is 3.40. The van der Waals surface area contributed by atoms with Gasteiger partial charge in [0.05, 0.1) is 18.7 Å². The van der Waals surface area contributed by atoms with Crippen LogP contribution < -0.4 is 4.90 Å². The van der Waals surface area contributed by atoms with Gasteiger partial charge in [0.25, 0.3) is 0 Å². The van der Waals surface area contributed by atoms with Gasteiger partial charge in [0.2, 0.25) is 0 Å². The van der Waals surface area contributed by atoms with Crippen molar-refractivity contribution >= 4 is 17.7 Å². The molecule has 1 aromatic rings. The Hall–Kier alpha value is -2.30. The summed E-state index contributed by atoms with van der Waals surface area (Å²) in [5.74, 6) is 0.556. The highest BCUT2D eigenvalue weighted by atomic mass is 16.6. The smallest absolute Gasteiger partial charge is 0.414 e. The van der Waals surface area contributed by atoms with Gasteiger partial charge in [-0.25, -0.2) is 9.59 Å². The number of carbonyl (C=O) groups excluding carboxylic acids is 2. The molecule has 1 aromatic carbocycles. The maximum absolute atomic E-state index is 12.3. The molecular formula is C18H21NO4. The number of ether oxygens (including phenoxy) is 2.